The Morgan fingerprint density at radius 2 is 2.25 bits per heavy atom. The average molecular weight is 336 g/mol. The number of carbonyl (C=O) groups is 2. The van der Waals surface area contributed by atoms with Crippen molar-refractivity contribution in [2.45, 2.75) is 6.10 Å². The Morgan fingerprint density at radius 3 is 3.00 bits per heavy atom. The molecule has 6 nitrogen and oxygen atoms in total. The molecule has 0 bridgehead atoms. The SMILES string of the molecule is N#CC1CN(c2cc3c(cc2Br)C(=O)C(=O)N3)CCO1. The number of hydrogen-bond donors (Lipinski definition) is 1. The van der Waals surface area contributed by atoms with Gasteiger partial charge in [-0.3, -0.25) is 9.59 Å². The third-order valence-electron chi connectivity index (χ3n) is 3.34. The Hall–Kier alpha value is -1.91. The van der Waals surface area contributed by atoms with Crippen molar-refractivity contribution in [3.8, 4) is 6.07 Å². The number of hydrogen-bond acceptors (Lipinski definition) is 5. The summed E-state index contributed by atoms with van der Waals surface area (Å²) < 4.78 is 6.03. The third kappa shape index (κ3) is 2.07. The molecule has 1 amide bonds. The predicted octanol–water partition coefficient (Wildman–Crippen LogP) is 1.31. The first-order valence-corrected chi connectivity index (χ1v) is 6.85. The highest BCUT2D eigenvalue weighted by molar-refractivity contribution is 9.10. The molecule has 1 aromatic carbocycles. The van der Waals surface area contributed by atoms with Gasteiger partial charge in [-0.1, -0.05) is 0 Å². The van der Waals surface area contributed by atoms with E-state index in [4.69, 9.17) is 10.00 Å². The molecule has 0 saturated carbocycles. The molecule has 0 radical (unpaired) electrons. The number of halogens is 1. The number of nitrogens with one attached hydrogen (secondary N) is 1. The van der Waals surface area contributed by atoms with Crippen LogP contribution in [0.5, 0.6) is 0 Å². The van der Waals surface area contributed by atoms with Crippen LogP contribution in [-0.2, 0) is 9.53 Å². The van der Waals surface area contributed by atoms with Crippen LogP contribution >= 0.6 is 15.9 Å². The summed E-state index contributed by atoms with van der Waals surface area (Å²) in [4.78, 5) is 25.0. The summed E-state index contributed by atoms with van der Waals surface area (Å²) in [6, 6.07) is 5.48. The average Bonchev–Trinajstić information content (AvgIpc) is 2.73. The zero-order valence-electron chi connectivity index (χ0n) is 10.4. The number of Topliss-reactive ketones (excluding diaryl/α,β-unsaturated/α-hetero) is 1. The fourth-order valence-electron chi connectivity index (χ4n) is 2.34. The number of anilines is 2. The molecule has 0 spiro atoms. The Labute approximate surface area is 123 Å². The minimum Gasteiger partial charge on any atom is -0.365 e. The van der Waals surface area contributed by atoms with E-state index in [1.807, 2.05) is 4.90 Å². The normalized spacial score (nSPS) is 21.4. The van der Waals surface area contributed by atoms with E-state index in [1.54, 1.807) is 12.1 Å². The minimum absolute atomic E-state index is 0.371. The Bertz CT molecular complexity index is 653. The fraction of sp³-hybridized carbons (Fsp3) is 0.308. The van der Waals surface area contributed by atoms with Gasteiger partial charge in [0, 0.05) is 11.0 Å². The number of ketones is 1. The van der Waals surface area contributed by atoms with Crippen molar-refractivity contribution in [2.75, 3.05) is 29.9 Å². The smallest absolute Gasteiger partial charge is 0.296 e. The van der Waals surface area contributed by atoms with Crippen molar-refractivity contribution in [2.24, 2.45) is 0 Å². The van der Waals surface area contributed by atoms with Gasteiger partial charge in [-0.2, -0.15) is 5.26 Å². The molecule has 2 aliphatic rings. The first-order valence-electron chi connectivity index (χ1n) is 6.05. The Kier molecular flexibility index (Phi) is 3.20. The highest BCUT2D eigenvalue weighted by Gasteiger charge is 2.30. The summed E-state index contributed by atoms with van der Waals surface area (Å²) in [5.74, 6) is -1.13. The standard InChI is InChI=1S/C13H10BrN3O3/c14-9-3-8-10(16-13(19)12(8)18)4-11(9)17-1-2-20-7(5-15)6-17/h3-4,7H,1-2,6H2,(H,16,18,19). The second kappa shape index (κ2) is 4.89. The highest BCUT2D eigenvalue weighted by atomic mass is 79.9. The van der Waals surface area contributed by atoms with Gasteiger partial charge in [-0.05, 0) is 28.1 Å². The zero-order valence-corrected chi connectivity index (χ0v) is 11.9. The van der Waals surface area contributed by atoms with Crippen molar-refractivity contribution in [1.29, 1.82) is 5.26 Å². The van der Waals surface area contributed by atoms with Crippen molar-refractivity contribution in [3.63, 3.8) is 0 Å². The number of ether oxygens (including phenoxy) is 1. The van der Waals surface area contributed by atoms with Gasteiger partial charge in [-0.15, -0.1) is 0 Å². The number of morpholine rings is 1. The summed E-state index contributed by atoms with van der Waals surface area (Å²) in [6.07, 6.45) is -0.472. The molecule has 1 atom stereocenters. The van der Waals surface area contributed by atoms with Crippen LogP contribution in [0.3, 0.4) is 0 Å². The molecular weight excluding hydrogens is 326 g/mol. The van der Waals surface area contributed by atoms with Crippen LogP contribution in [0.1, 0.15) is 10.4 Å². The van der Waals surface area contributed by atoms with E-state index < -0.39 is 17.8 Å². The highest BCUT2D eigenvalue weighted by Crippen LogP contribution is 2.35. The lowest BCUT2D eigenvalue weighted by Gasteiger charge is -2.32. The van der Waals surface area contributed by atoms with Crippen LogP contribution < -0.4 is 10.2 Å². The van der Waals surface area contributed by atoms with Gasteiger partial charge in [-0.25, -0.2) is 0 Å². The molecule has 2 aliphatic heterocycles. The van der Waals surface area contributed by atoms with E-state index >= 15 is 0 Å². The molecule has 0 aromatic heterocycles. The summed E-state index contributed by atoms with van der Waals surface area (Å²) in [7, 11) is 0. The largest absolute Gasteiger partial charge is 0.365 e. The maximum Gasteiger partial charge on any atom is 0.296 e. The van der Waals surface area contributed by atoms with E-state index in [0.29, 0.717) is 30.9 Å². The van der Waals surface area contributed by atoms with E-state index in [1.165, 1.54) is 0 Å². The minimum atomic E-state index is -0.610. The maximum absolute atomic E-state index is 11.6. The number of nitrogens with zero attached hydrogens (tertiary/aromatic N) is 2. The van der Waals surface area contributed by atoms with E-state index in [2.05, 4.69) is 27.3 Å². The summed E-state index contributed by atoms with van der Waals surface area (Å²) >= 11 is 3.42. The van der Waals surface area contributed by atoms with Crippen LogP contribution in [0.15, 0.2) is 16.6 Å². The van der Waals surface area contributed by atoms with E-state index in [-0.39, 0.29) is 0 Å². The fourth-order valence-corrected chi connectivity index (χ4v) is 2.94. The molecule has 102 valence electrons. The molecule has 1 fully saturated rings. The Morgan fingerprint density at radius 1 is 1.45 bits per heavy atom. The van der Waals surface area contributed by atoms with Crippen molar-refractivity contribution >= 4 is 39.0 Å². The van der Waals surface area contributed by atoms with Gasteiger partial charge in [0.1, 0.15) is 0 Å². The second-order valence-electron chi connectivity index (χ2n) is 4.57. The van der Waals surface area contributed by atoms with Crippen LogP contribution in [0.4, 0.5) is 11.4 Å². The second-order valence-corrected chi connectivity index (χ2v) is 5.42. The van der Waals surface area contributed by atoms with Crippen LogP contribution in [0.2, 0.25) is 0 Å². The van der Waals surface area contributed by atoms with Gasteiger partial charge >= 0.3 is 0 Å². The molecule has 1 unspecified atom stereocenters. The number of nitriles is 1. The summed E-state index contributed by atoms with van der Waals surface area (Å²) in [5.41, 5.74) is 1.72. The maximum atomic E-state index is 11.6. The molecule has 3 rings (SSSR count). The third-order valence-corrected chi connectivity index (χ3v) is 3.97. The van der Waals surface area contributed by atoms with Gasteiger partial charge in [0.25, 0.3) is 11.7 Å². The first-order chi connectivity index (χ1) is 9.60. The lowest BCUT2D eigenvalue weighted by Crippen LogP contribution is -2.42. The molecule has 0 aliphatic carbocycles. The van der Waals surface area contributed by atoms with Crippen molar-refractivity contribution in [1.82, 2.24) is 0 Å². The van der Waals surface area contributed by atoms with Crippen LogP contribution in [-0.4, -0.2) is 37.5 Å². The number of amides is 1. The monoisotopic (exact) mass is 335 g/mol. The number of fused-ring (bicyclic) bond motifs is 1. The predicted molar refractivity (Wildman–Crippen MR) is 74.7 cm³/mol. The Balaban J connectivity index is 1.96. The molecule has 20 heavy (non-hydrogen) atoms. The molecule has 2 heterocycles. The van der Waals surface area contributed by atoms with E-state index in [9.17, 15) is 9.59 Å². The lowest BCUT2D eigenvalue weighted by atomic mass is 10.1. The van der Waals surface area contributed by atoms with Crippen LogP contribution in [0.25, 0.3) is 0 Å². The van der Waals surface area contributed by atoms with E-state index in [0.717, 1.165) is 10.2 Å². The topological polar surface area (TPSA) is 82.4 Å². The molecule has 7 heteroatoms. The zero-order chi connectivity index (χ0) is 14.3. The van der Waals surface area contributed by atoms with Gasteiger partial charge < -0.3 is 15.0 Å². The quantitative estimate of drug-likeness (QED) is 0.782. The summed E-state index contributed by atoms with van der Waals surface area (Å²) in [6.45, 7) is 1.57. The first kappa shape index (κ1) is 13.1. The van der Waals surface area contributed by atoms with Crippen molar-refractivity contribution < 1.29 is 14.3 Å². The van der Waals surface area contributed by atoms with Gasteiger partial charge in [0.2, 0.25) is 0 Å². The summed E-state index contributed by atoms with van der Waals surface area (Å²) in [5, 5.41) is 11.5. The molecule has 1 saturated heterocycles. The number of rotatable bonds is 1. The van der Waals surface area contributed by atoms with Gasteiger partial charge in [0.15, 0.2) is 6.10 Å². The number of carbonyl (C=O) groups excluding carboxylic acids is 2. The molecule has 1 aromatic rings. The van der Waals surface area contributed by atoms with Crippen molar-refractivity contribution in [3.05, 3.63) is 22.2 Å². The number of benzene rings is 1. The van der Waals surface area contributed by atoms with Gasteiger partial charge in [0.05, 0.1) is 36.2 Å². The molecule has 1 N–H and O–H groups in total. The molecular formula is C13H10BrN3O3. The lowest BCUT2D eigenvalue weighted by molar-refractivity contribution is -0.112. The van der Waals surface area contributed by atoms with Crippen LogP contribution in [0, 0.1) is 11.3 Å².